The van der Waals surface area contributed by atoms with Crippen molar-refractivity contribution in [2.75, 3.05) is 42.3 Å². The molecule has 0 aliphatic heterocycles. The van der Waals surface area contributed by atoms with Gasteiger partial charge in [-0.25, -0.2) is 0 Å². The number of hydrogen-bond donors (Lipinski definition) is 0. The Hall–Kier alpha value is -3.68. The second-order valence-corrected chi connectivity index (χ2v) is 12.6. The Kier molecular flexibility index (Phi) is 18.9. The maximum absolute atomic E-state index is 5.52. The molecule has 0 aliphatic rings. The summed E-state index contributed by atoms with van der Waals surface area (Å²) in [4.78, 5) is 5.30. The molecule has 0 saturated carbocycles. The van der Waals surface area contributed by atoms with E-state index in [-0.39, 0.29) is 31.9 Å². The van der Waals surface area contributed by atoms with Crippen LogP contribution in [0.25, 0.3) is 54.1 Å². The van der Waals surface area contributed by atoms with Crippen LogP contribution in [0.4, 0.5) is 5.69 Å². The number of benzene rings is 5. The molecule has 5 nitrogen and oxygen atoms in total. The molecular weight excluding hydrogens is 777 g/mol. The molecule has 6 aromatic rings. The summed E-state index contributed by atoms with van der Waals surface area (Å²) in [6, 6.07) is 43.0. The maximum Gasteiger partial charge on any atom is 0.0711 e. The fraction of sp³-hybridized carbons (Fsp3) is 0.295. The second kappa shape index (κ2) is 22.2. The Labute approximate surface area is 320 Å². The summed E-state index contributed by atoms with van der Waals surface area (Å²) in [5.41, 5.74) is 7.87. The van der Waals surface area contributed by atoms with E-state index >= 15 is 0 Å². The first-order valence-corrected chi connectivity index (χ1v) is 17.0. The minimum Gasteiger partial charge on any atom is -0.673 e. The topological polar surface area (TPSA) is 69.3 Å². The average molecular weight is 830 g/mol. The zero-order valence-corrected chi connectivity index (χ0v) is 35.1. The molecule has 50 heavy (non-hydrogen) atoms. The van der Waals surface area contributed by atoms with E-state index in [1.165, 1.54) is 32.7 Å². The standard InChI is InChI=1S/C38H35N2.3C2H6N.Hf/c1-25(2)31-18-11-19-32(26(3)4)38(31)40-37(27-13-6-5-7-14-27)36-22-12-21-35(39-36)33-20-10-17-30-23-28-15-8-9-16-29(28)24-34(30)33;3*1-3-2;/h5-26,37H,1-4H3;3*1-2H3;/q4*-1;. The van der Waals surface area contributed by atoms with Crippen molar-refractivity contribution in [2.45, 2.75) is 45.6 Å². The zero-order chi connectivity index (χ0) is 35.8. The van der Waals surface area contributed by atoms with Crippen LogP contribution >= 0.6 is 0 Å². The molecule has 0 saturated heterocycles. The Morgan fingerprint density at radius 2 is 0.980 bits per heavy atom. The minimum atomic E-state index is -0.214. The van der Waals surface area contributed by atoms with Crippen molar-refractivity contribution in [3.8, 4) is 11.3 Å². The van der Waals surface area contributed by atoms with Crippen molar-refractivity contribution in [1.29, 1.82) is 0 Å². The van der Waals surface area contributed by atoms with E-state index in [0.717, 1.165) is 28.2 Å². The monoisotopic (exact) mass is 831 g/mol. The van der Waals surface area contributed by atoms with E-state index in [9.17, 15) is 0 Å². The third kappa shape index (κ3) is 11.4. The Balaban J connectivity index is 0.000000787. The van der Waals surface area contributed by atoms with Crippen LogP contribution < -0.4 is 0 Å². The maximum atomic E-state index is 5.52. The van der Waals surface area contributed by atoms with Crippen LogP contribution in [0.3, 0.4) is 0 Å². The third-order valence-electron chi connectivity index (χ3n) is 7.79. The Bertz CT molecular complexity index is 1820. The Morgan fingerprint density at radius 1 is 0.500 bits per heavy atom. The number of rotatable bonds is 7. The molecule has 0 bridgehead atoms. The van der Waals surface area contributed by atoms with E-state index in [0.29, 0.717) is 11.8 Å². The molecule has 6 heteroatoms. The molecule has 5 aromatic carbocycles. The van der Waals surface area contributed by atoms with Crippen LogP contribution in [0.5, 0.6) is 0 Å². The van der Waals surface area contributed by atoms with Gasteiger partial charge in [0.05, 0.1) is 5.69 Å². The zero-order valence-electron chi connectivity index (χ0n) is 31.5. The quantitative estimate of drug-likeness (QED) is 0.117. The average Bonchev–Trinajstić information content (AvgIpc) is 3.10. The largest absolute Gasteiger partial charge is 0.673 e. The second-order valence-electron chi connectivity index (χ2n) is 12.6. The van der Waals surface area contributed by atoms with Crippen molar-refractivity contribution in [2.24, 2.45) is 0 Å². The van der Waals surface area contributed by atoms with Crippen LogP contribution in [0.1, 0.15) is 68.0 Å². The third-order valence-corrected chi connectivity index (χ3v) is 7.79. The molecule has 1 aromatic heterocycles. The molecule has 0 fully saturated rings. The van der Waals surface area contributed by atoms with Gasteiger partial charge in [0.15, 0.2) is 0 Å². The fourth-order valence-electron chi connectivity index (χ4n) is 5.68. The first-order chi connectivity index (χ1) is 23.7. The summed E-state index contributed by atoms with van der Waals surface area (Å²) in [6.07, 6.45) is 0. The van der Waals surface area contributed by atoms with Crippen molar-refractivity contribution < 1.29 is 25.8 Å². The SMILES string of the molecule is CC(C)c1cccc(C(C)C)c1[N-]C(c1ccccc1)c1cccc(-c2cccc3cc4ccccc4cc23)n1.C[N-]C.C[N-]C.C[N-]C.[Hf]. The molecule has 6 rings (SSSR count). The number of para-hydroxylation sites is 1. The first kappa shape index (κ1) is 42.5. The van der Waals surface area contributed by atoms with E-state index in [1.54, 1.807) is 42.3 Å². The minimum absolute atomic E-state index is 0. The summed E-state index contributed by atoms with van der Waals surface area (Å²) >= 11 is 0. The molecule has 0 amide bonds. The van der Waals surface area contributed by atoms with Gasteiger partial charge in [0.2, 0.25) is 0 Å². The normalized spacial score (nSPS) is 11.0. The molecule has 0 aliphatic carbocycles. The summed E-state index contributed by atoms with van der Waals surface area (Å²) in [5, 5.41) is 20.9. The smallest absolute Gasteiger partial charge is 0.0711 e. The number of fused-ring (bicyclic) bond motifs is 2. The first-order valence-electron chi connectivity index (χ1n) is 17.0. The molecule has 1 atom stereocenters. The van der Waals surface area contributed by atoms with E-state index in [1.807, 2.05) is 0 Å². The van der Waals surface area contributed by atoms with Crippen LogP contribution in [0.2, 0.25) is 0 Å². The van der Waals surface area contributed by atoms with Gasteiger partial charge in [-0.05, 0) is 63.7 Å². The molecule has 1 unspecified atom stereocenters. The van der Waals surface area contributed by atoms with Gasteiger partial charge in [-0.2, -0.15) is 42.3 Å². The van der Waals surface area contributed by atoms with Gasteiger partial charge in [-0.1, -0.05) is 141 Å². The van der Waals surface area contributed by atoms with E-state index in [2.05, 4.69) is 165 Å². The van der Waals surface area contributed by atoms with Crippen LogP contribution in [-0.2, 0) is 25.8 Å². The van der Waals surface area contributed by atoms with Gasteiger partial charge >= 0.3 is 0 Å². The van der Waals surface area contributed by atoms with Crippen molar-refractivity contribution >= 4 is 27.2 Å². The summed E-state index contributed by atoms with van der Waals surface area (Å²) < 4.78 is 0. The van der Waals surface area contributed by atoms with Gasteiger partial charge in [-0.15, -0.1) is 5.69 Å². The molecule has 0 N–H and O–H groups in total. The van der Waals surface area contributed by atoms with E-state index in [4.69, 9.17) is 10.3 Å². The number of aromatic nitrogens is 1. The van der Waals surface area contributed by atoms with Crippen molar-refractivity contribution in [1.82, 2.24) is 4.98 Å². The van der Waals surface area contributed by atoms with Crippen molar-refractivity contribution in [3.63, 3.8) is 0 Å². The number of pyridine rings is 1. The predicted octanol–water partition coefficient (Wildman–Crippen LogP) is 13.0. The summed E-state index contributed by atoms with van der Waals surface area (Å²) in [7, 11) is 10.5. The summed E-state index contributed by atoms with van der Waals surface area (Å²) in [5.74, 6) is 0.748. The molecular formula is C44H53HfN5-4. The molecule has 0 radical (unpaired) electrons. The predicted molar refractivity (Wildman–Crippen MR) is 216 cm³/mol. The number of nitrogens with zero attached hydrogens (tertiary/aromatic N) is 5. The van der Waals surface area contributed by atoms with Gasteiger partial charge in [0, 0.05) is 37.1 Å². The van der Waals surface area contributed by atoms with Crippen molar-refractivity contribution in [3.05, 3.63) is 165 Å². The van der Waals surface area contributed by atoms with Crippen LogP contribution in [0.15, 0.2) is 121 Å². The van der Waals surface area contributed by atoms with Crippen LogP contribution in [0, 0.1) is 0 Å². The van der Waals surface area contributed by atoms with E-state index < -0.39 is 0 Å². The number of hydrogen-bond acceptors (Lipinski definition) is 1. The van der Waals surface area contributed by atoms with Gasteiger partial charge in [-0.3, -0.25) is 4.98 Å². The fourth-order valence-corrected chi connectivity index (χ4v) is 5.68. The molecule has 1 heterocycles. The van der Waals surface area contributed by atoms with Gasteiger partial charge in [0.25, 0.3) is 0 Å². The molecule has 262 valence electrons. The Morgan fingerprint density at radius 3 is 1.54 bits per heavy atom. The molecule has 0 spiro atoms. The summed E-state index contributed by atoms with van der Waals surface area (Å²) in [6.45, 7) is 9.00. The van der Waals surface area contributed by atoms with Crippen LogP contribution in [-0.4, -0.2) is 47.3 Å². The van der Waals surface area contributed by atoms with Gasteiger partial charge < -0.3 is 21.3 Å². The van der Waals surface area contributed by atoms with Gasteiger partial charge in [0.1, 0.15) is 0 Å².